The second kappa shape index (κ2) is 6.69. The van der Waals surface area contributed by atoms with Crippen LogP contribution in [0, 0.1) is 11.8 Å². The third kappa shape index (κ3) is 3.63. The van der Waals surface area contributed by atoms with Crippen molar-refractivity contribution in [3.05, 3.63) is 12.2 Å². The van der Waals surface area contributed by atoms with Crippen molar-refractivity contribution >= 4 is 5.97 Å². The molecule has 1 fully saturated rings. The molecule has 0 amide bonds. The summed E-state index contributed by atoms with van der Waals surface area (Å²) in [6.07, 6.45) is 8.05. The van der Waals surface area contributed by atoms with E-state index in [-0.39, 0.29) is 23.9 Å². The Balaban J connectivity index is 2.48. The van der Waals surface area contributed by atoms with Crippen molar-refractivity contribution in [3.63, 3.8) is 0 Å². The molecule has 0 aromatic carbocycles. The molecule has 0 spiro atoms. The van der Waals surface area contributed by atoms with E-state index in [1.165, 1.54) is 7.11 Å². The highest BCUT2D eigenvalue weighted by Gasteiger charge is 2.35. The van der Waals surface area contributed by atoms with E-state index in [9.17, 15) is 9.90 Å². The second-order valence-electron chi connectivity index (χ2n) is 4.46. The van der Waals surface area contributed by atoms with Crippen LogP contribution in [0.25, 0.3) is 0 Å². The van der Waals surface area contributed by atoms with E-state index < -0.39 is 0 Å². The van der Waals surface area contributed by atoms with Crippen molar-refractivity contribution in [3.8, 4) is 0 Å². The first kappa shape index (κ1) is 13.2. The molecular formula is C13H22O3. The summed E-state index contributed by atoms with van der Waals surface area (Å²) < 4.78 is 4.68. The van der Waals surface area contributed by atoms with Crippen LogP contribution in [0.4, 0.5) is 0 Å². The highest BCUT2D eigenvalue weighted by atomic mass is 16.5. The molecule has 0 aromatic rings. The van der Waals surface area contributed by atoms with Gasteiger partial charge in [-0.2, -0.15) is 0 Å². The molecule has 3 nitrogen and oxygen atoms in total. The maximum Gasteiger partial charge on any atom is 0.305 e. The van der Waals surface area contributed by atoms with Crippen molar-refractivity contribution in [2.75, 3.05) is 7.11 Å². The Morgan fingerprint density at radius 3 is 2.81 bits per heavy atom. The zero-order chi connectivity index (χ0) is 12.0. The van der Waals surface area contributed by atoms with E-state index in [0.717, 1.165) is 25.7 Å². The summed E-state index contributed by atoms with van der Waals surface area (Å²) in [5.41, 5.74) is 0. The van der Waals surface area contributed by atoms with Gasteiger partial charge in [0.1, 0.15) is 0 Å². The zero-order valence-electron chi connectivity index (χ0n) is 10.2. The monoisotopic (exact) mass is 226 g/mol. The lowest BCUT2D eigenvalue weighted by atomic mass is 9.89. The Hall–Kier alpha value is -0.830. The van der Waals surface area contributed by atoms with E-state index in [1.54, 1.807) is 0 Å². The first-order valence-electron chi connectivity index (χ1n) is 6.08. The quantitative estimate of drug-likeness (QED) is 0.578. The topological polar surface area (TPSA) is 46.5 Å². The van der Waals surface area contributed by atoms with Crippen LogP contribution < -0.4 is 0 Å². The molecule has 1 aliphatic carbocycles. The van der Waals surface area contributed by atoms with Crippen LogP contribution in [-0.4, -0.2) is 24.3 Å². The molecule has 0 aliphatic heterocycles. The van der Waals surface area contributed by atoms with E-state index in [2.05, 4.69) is 23.8 Å². The van der Waals surface area contributed by atoms with Crippen molar-refractivity contribution in [2.45, 2.75) is 45.1 Å². The van der Waals surface area contributed by atoms with Gasteiger partial charge < -0.3 is 9.84 Å². The van der Waals surface area contributed by atoms with Gasteiger partial charge in [-0.3, -0.25) is 4.79 Å². The largest absolute Gasteiger partial charge is 0.469 e. The molecule has 1 rings (SSSR count). The van der Waals surface area contributed by atoms with Gasteiger partial charge in [0.05, 0.1) is 13.2 Å². The number of hydrogen-bond acceptors (Lipinski definition) is 3. The molecule has 0 saturated heterocycles. The minimum Gasteiger partial charge on any atom is -0.469 e. The number of allylic oxidation sites excluding steroid dienone is 2. The minimum absolute atomic E-state index is 0.163. The summed E-state index contributed by atoms with van der Waals surface area (Å²) in [7, 11) is 1.42. The van der Waals surface area contributed by atoms with Crippen molar-refractivity contribution < 1.29 is 14.6 Å². The lowest BCUT2D eigenvalue weighted by Crippen LogP contribution is -2.21. The molecule has 3 heteroatoms. The van der Waals surface area contributed by atoms with E-state index in [4.69, 9.17) is 0 Å². The van der Waals surface area contributed by atoms with Crippen LogP contribution in [0.2, 0.25) is 0 Å². The van der Waals surface area contributed by atoms with Gasteiger partial charge >= 0.3 is 5.97 Å². The molecule has 92 valence electrons. The van der Waals surface area contributed by atoms with Crippen molar-refractivity contribution in [1.29, 1.82) is 0 Å². The molecule has 0 radical (unpaired) electrons. The first-order chi connectivity index (χ1) is 7.69. The highest BCUT2D eigenvalue weighted by Crippen LogP contribution is 2.37. The number of methoxy groups -OCH3 is 1. The van der Waals surface area contributed by atoms with Crippen molar-refractivity contribution in [1.82, 2.24) is 0 Å². The molecular weight excluding hydrogens is 204 g/mol. The number of rotatable bonds is 5. The number of carbonyl (C=O) groups is 1. The number of aliphatic hydroxyl groups is 1. The van der Waals surface area contributed by atoms with Gasteiger partial charge in [-0.05, 0) is 37.5 Å². The standard InChI is InChI=1S/C13H22O3/c1-3-4-5-6-11-10(7-8-12(11)14)9-13(15)16-2/h4-5,10-12,14H,3,6-9H2,1-2H3/b5-4-/t10-,11-,12+/m0/s1. The normalized spacial score (nSPS) is 29.8. The molecule has 0 aromatic heterocycles. The third-order valence-corrected chi connectivity index (χ3v) is 3.40. The molecule has 0 bridgehead atoms. The Morgan fingerprint density at radius 2 is 2.19 bits per heavy atom. The smallest absolute Gasteiger partial charge is 0.305 e. The number of hydrogen-bond donors (Lipinski definition) is 1. The van der Waals surface area contributed by atoms with E-state index >= 15 is 0 Å². The van der Waals surface area contributed by atoms with E-state index in [0.29, 0.717) is 6.42 Å². The summed E-state index contributed by atoms with van der Waals surface area (Å²) in [6, 6.07) is 0. The minimum atomic E-state index is -0.254. The third-order valence-electron chi connectivity index (χ3n) is 3.40. The average Bonchev–Trinajstić information content (AvgIpc) is 2.61. The lowest BCUT2D eigenvalue weighted by molar-refractivity contribution is -0.142. The fourth-order valence-corrected chi connectivity index (χ4v) is 2.45. The fourth-order valence-electron chi connectivity index (χ4n) is 2.45. The van der Waals surface area contributed by atoms with E-state index in [1.807, 2.05) is 0 Å². The average molecular weight is 226 g/mol. The second-order valence-corrected chi connectivity index (χ2v) is 4.46. The van der Waals surface area contributed by atoms with Crippen LogP contribution in [-0.2, 0) is 9.53 Å². The number of carbonyl (C=O) groups excluding carboxylic acids is 1. The zero-order valence-corrected chi connectivity index (χ0v) is 10.2. The van der Waals surface area contributed by atoms with Crippen molar-refractivity contribution in [2.24, 2.45) is 11.8 Å². The summed E-state index contributed by atoms with van der Waals surface area (Å²) >= 11 is 0. The molecule has 3 atom stereocenters. The Bertz CT molecular complexity index is 248. The molecule has 16 heavy (non-hydrogen) atoms. The summed E-state index contributed by atoms with van der Waals surface area (Å²) in [5, 5.41) is 9.86. The number of ether oxygens (including phenoxy) is 1. The maximum atomic E-state index is 11.2. The van der Waals surface area contributed by atoms with Crippen LogP contribution in [0.1, 0.15) is 39.0 Å². The highest BCUT2D eigenvalue weighted by molar-refractivity contribution is 5.69. The van der Waals surface area contributed by atoms with Crippen LogP contribution in [0.3, 0.4) is 0 Å². The van der Waals surface area contributed by atoms with Gasteiger partial charge in [-0.15, -0.1) is 0 Å². The van der Waals surface area contributed by atoms with Crippen LogP contribution in [0.15, 0.2) is 12.2 Å². The van der Waals surface area contributed by atoms with Gasteiger partial charge in [0.15, 0.2) is 0 Å². The Labute approximate surface area is 97.5 Å². The summed E-state index contributed by atoms with van der Waals surface area (Å²) in [6.45, 7) is 2.09. The van der Waals surface area contributed by atoms with Gasteiger partial charge in [0.25, 0.3) is 0 Å². The molecule has 1 saturated carbocycles. The van der Waals surface area contributed by atoms with Crippen LogP contribution in [0.5, 0.6) is 0 Å². The van der Waals surface area contributed by atoms with Gasteiger partial charge in [0, 0.05) is 6.42 Å². The number of aliphatic hydroxyl groups excluding tert-OH is 1. The SMILES string of the molecule is CC/C=C\C[C@H]1[C@H](CC(=O)OC)CC[C@H]1O. The predicted octanol–water partition coefficient (Wildman–Crippen LogP) is 2.29. The fraction of sp³-hybridized carbons (Fsp3) is 0.769. The molecule has 1 aliphatic rings. The van der Waals surface area contributed by atoms with Gasteiger partial charge in [0.2, 0.25) is 0 Å². The summed E-state index contributed by atoms with van der Waals surface area (Å²) in [4.78, 5) is 11.2. The molecule has 1 N–H and O–H groups in total. The van der Waals surface area contributed by atoms with Crippen LogP contribution >= 0.6 is 0 Å². The molecule has 0 unspecified atom stereocenters. The number of esters is 1. The Kier molecular flexibility index (Phi) is 5.53. The lowest BCUT2D eigenvalue weighted by Gasteiger charge is -2.19. The maximum absolute atomic E-state index is 11.2. The Morgan fingerprint density at radius 1 is 1.44 bits per heavy atom. The predicted molar refractivity (Wildman–Crippen MR) is 62.9 cm³/mol. The first-order valence-corrected chi connectivity index (χ1v) is 6.08. The van der Waals surface area contributed by atoms with Gasteiger partial charge in [-0.25, -0.2) is 0 Å². The summed E-state index contributed by atoms with van der Waals surface area (Å²) in [5.74, 6) is 0.342. The molecule has 0 heterocycles. The van der Waals surface area contributed by atoms with Gasteiger partial charge in [-0.1, -0.05) is 19.1 Å².